The number of ether oxygens (including phenoxy) is 2. The standard InChI is InChI=1S/C18H19N3O5/c1-3-26-14-9-7-13(8-10-14)20-17(23)18(24)21-19-11-12-5-4-6-15(25-2)16(12)22/h4-11,22H,3H2,1-2H3,(H,20,23)(H,21,24)/b19-11+. The minimum atomic E-state index is -0.947. The molecule has 0 atom stereocenters. The van der Waals surface area contributed by atoms with Gasteiger partial charge >= 0.3 is 11.8 Å². The predicted molar refractivity (Wildman–Crippen MR) is 96.6 cm³/mol. The molecule has 0 saturated carbocycles. The van der Waals surface area contributed by atoms with Gasteiger partial charge in [-0.25, -0.2) is 5.43 Å². The molecule has 0 heterocycles. The van der Waals surface area contributed by atoms with Crippen LogP contribution in [0.1, 0.15) is 12.5 Å². The van der Waals surface area contributed by atoms with E-state index in [4.69, 9.17) is 9.47 Å². The summed E-state index contributed by atoms with van der Waals surface area (Å²) >= 11 is 0. The predicted octanol–water partition coefficient (Wildman–Crippen LogP) is 1.89. The van der Waals surface area contributed by atoms with Crippen LogP contribution < -0.4 is 20.2 Å². The van der Waals surface area contributed by atoms with Crippen molar-refractivity contribution in [3.05, 3.63) is 48.0 Å². The van der Waals surface area contributed by atoms with Crippen molar-refractivity contribution >= 4 is 23.7 Å². The normalized spacial score (nSPS) is 10.4. The third-order valence-electron chi connectivity index (χ3n) is 3.25. The number of carbonyl (C=O) groups is 2. The summed E-state index contributed by atoms with van der Waals surface area (Å²) in [6, 6.07) is 11.4. The molecule has 0 aliphatic rings. The minimum Gasteiger partial charge on any atom is -0.504 e. The minimum absolute atomic E-state index is 0.119. The number of phenolic OH excluding ortho intramolecular Hbond substituents is 1. The second-order valence-corrected chi connectivity index (χ2v) is 5.01. The number of carbonyl (C=O) groups excluding carboxylic acids is 2. The maximum Gasteiger partial charge on any atom is 0.329 e. The monoisotopic (exact) mass is 357 g/mol. The Bertz CT molecular complexity index is 803. The molecule has 0 fully saturated rings. The van der Waals surface area contributed by atoms with E-state index in [9.17, 15) is 14.7 Å². The van der Waals surface area contributed by atoms with Gasteiger partial charge in [0.25, 0.3) is 0 Å². The molecule has 0 aliphatic heterocycles. The third kappa shape index (κ3) is 4.97. The van der Waals surface area contributed by atoms with Crippen LogP contribution in [0.25, 0.3) is 0 Å². The Labute approximate surface area is 150 Å². The summed E-state index contributed by atoms with van der Waals surface area (Å²) in [4.78, 5) is 23.6. The summed E-state index contributed by atoms with van der Waals surface area (Å²) in [5.41, 5.74) is 2.87. The molecule has 2 amide bonds. The van der Waals surface area contributed by atoms with E-state index in [2.05, 4.69) is 15.8 Å². The smallest absolute Gasteiger partial charge is 0.329 e. The number of aromatic hydroxyl groups is 1. The number of hydrazone groups is 1. The fraction of sp³-hybridized carbons (Fsp3) is 0.167. The topological polar surface area (TPSA) is 109 Å². The molecule has 0 bridgehead atoms. The summed E-state index contributed by atoms with van der Waals surface area (Å²) in [7, 11) is 1.42. The van der Waals surface area contributed by atoms with Gasteiger partial charge in [-0.15, -0.1) is 0 Å². The van der Waals surface area contributed by atoms with Gasteiger partial charge in [0.1, 0.15) is 5.75 Å². The molecule has 0 radical (unpaired) electrons. The van der Waals surface area contributed by atoms with E-state index in [1.807, 2.05) is 6.92 Å². The highest BCUT2D eigenvalue weighted by molar-refractivity contribution is 6.39. The molecular formula is C18H19N3O5. The quantitative estimate of drug-likeness (QED) is 0.415. The van der Waals surface area contributed by atoms with E-state index in [1.165, 1.54) is 13.3 Å². The molecule has 8 heteroatoms. The number of methoxy groups -OCH3 is 1. The second-order valence-electron chi connectivity index (χ2n) is 5.01. The van der Waals surface area contributed by atoms with Crippen molar-refractivity contribution in [2.75, 3.05) is 19.0 Å². The first-order chi connectivity index (χ1) is 12.5. The summed E-state index contributed by atoms with van der Waals surface area (Å²) < 4.78 is 10.3. The Morgan fingerprint density at radius 3 is 2.54 bits per heavy atom. The highest BCUT2D eigenvalue weighted by Gasteiger charge is 2.13. The van der Waals surface area contributed by atoms with Crippen LogP contribution in [0.15, 0.2) is 47.6 Å². The average Bonchev–Trinajstić information content (AvgIpc) is 2.64. The molecule has 0 unspecified atom stereocenters. The number of nitrogens with one attached hydrogen (secondary N) is 2. The first-order valence-electron chi connectivity index (χ1n) is 7.78. The molecule has 26 heavy (non-hydrogen) atoms. The van der Waals surface area contributed by atoms with Gasteiger partial charge in [0.05, 0.1) is 19.9 Å². The van der Waals surface area contributed by atoms with Gasteiger partial charge in [0.2, 0.25) is 0 Å². The average molecular weight is 357 g/mol. The Balaban J connectivity index is 1.92. The lowest BCUT2D eigenvalue weighted by atomic mass is 10.2. The number of amides is 2. The highest BCUT2D eigenvalue weighted by Crippen LogP contribution is 2.27. The van der Waals surface area contributed by atoms with Crippen molar-refractivity contribution in [3.8, 4) is 17.2 Å². The summed E-state index contributed by atoms with van der Waals surface area (Å²) in [6.45, 7) is 2.40. The number of nitrogens with zero attached hydrogens (tertiary/aromatic N) is 1. The van der Waals surface area contributed by atoms with E-state index < -0.39 is 11.8 Å². The first-order valence-corrected chi connectivity index (χ1v) is 7.78. The summed E-state index contributed by atoms with van der Waals surface area (Å²) in [5.74, 6) is -1.00. The van der Waals surface area contributed by atoms with E-state index in [0.29, 0.717) is 23.6 Å². The van der Waals surface area contributed by atoms with Gasteiger partial charge in [0, 0.05) is 11.3 Å². The molecule has 0 spiro atoms. The van der Waals surface area contributed by atoms with Crippen LogP contribution in [-0.4, -0.2) is 36.9 Å². The number of benzene rings is 2. The molecule has 3 N–H and O–H groups in total. The maximum atomic E-state index is 11.8. The van der Waals surface area contributed by atoms with E-state index >= 15 is 0 Å². The van der Waals surface area contributed by atoms with Crippen LogP contribution in [0.2, 0.25) is 0 Å². The number of para-hydroxylation sites is 1. The number of hydrogen-bond acceptors (Lipinski definition) is 6. The Morgan fingerprint density at radius 1 is 1.15 bits per heavy atom. The zero-order valence-corrected chi connectivity index (χ0v) is 14.4. The molecule has 136 valence electrons. The van der Waals surface area contributed by atoms with Gasteiger partial charge in [-0.1, -0.05) is 6.07 Å². The molecule has 2 aromatic rings. The third-order valence-corrected chi connectivity index (χ3v) is 3.25. The summed E-state index contributed by atoms with van der Waals surface area (Å²) in [5, 5.41) is 16.0. The van der Waals surface area contributed by atoms with E-state index in [1.54, 1.807) is 42.5 Å². The zero-order chi connectivity index (χ0) is 18.9. The van der Waals surface area contributed by atoms with Crippen molar-refractivity contribution in [2.24, 2.45) is 5.10 Å². The van der Waals surface area contributed by atoms with Crippen molar-refractivity contribution in [2.45, 2.75) is 6.92 Å². The fourth-order valence-corrected chi connectivity index (χ4v) is 2.01. The largest absolute Gasteiger partial charge is 0.504 e. The Morgan fingerprint density at radius 2 is 1.88 bits per heavy atom. The highest BCUT2D eigenvalue weighted by atomic mass is 16.5. The van der Waals surface area contributed by atoms with Crippen molar-refractivity contribution < 1.29 is 24.2 Å². The Kier molecular flexibility index (Phi) is 6.55. The molecule has 8 nitrogen and oxygen atoms in total. The molecule has 2 aromatic carbocycles. The molecule has 2 rings (SSSR count). The van der Waals surface area contributed by atoms with Crippen molar-refractivity contribution in [1.82, 2.24) is 5.43 Å². The van der Waals surface area contributed by atoms with Crippen LogP contribution in [0.4, 0.5) is 5.69 Å². The number of rotatable bonds is 6. The first kappa shape index (κ1) is 18.8. The van der Waals surface area contributed by atoms with E-state index in [0.717, 1.165) is 0 Å². The zero-order valence-electron chi connectivity index (χ0n) is 14.4. The van der Waals surface area contributed by atoms with Crippen LogP contribution in [0.5, 0.6) is 17.2 Å². The molecule has 0 saturated heterocycles. The molecule has 0 aromatic heterocycles. The lowest BCUT2D eigenvalue weighted by Crippen LogP contribution is -2.32. The lowest BCUT2D eigenvalue weighted by molar-refractivity contribution is -0.136. The lowest BCUT2D eigenvalue weighted by Gasteiger charge is -2.06. The van der Waals surface area contributed by atoms with Gasteiger partial charge in [-0.2, -0.15) is 5.10 Å². The summed E-state index contributed by atoms with van der Waals surface area (Å²) in [6.07, 6.45) is 1.21. The number of hydrogen-bond donors (Lipinski definition) is 3. The fourth-order valence-electron chi connectivity index (χ4n) is 2.01. The second kappa shape index (κ2) is 9.07. The van der Waals surface area contributed by atoms with Crippen LogP contribution in [0, 0.1) is 0 Å². The Hall–Kier alpha value is -3.55. The molecular weight excluding hydrogens is 338 g/mol. The van der Waals surface area contributed by atoms with E-state index in [-0.39, 0.29) is 11.5 Å². The van der Waals surface area contributed by atoms with Crippen LogP contribution in [-0.2, 0) is 9.59 Å². The van der Waals surface area contributed by atoms with Gasteiger partial charge in [-0.05, 0) is 43.3 Å². The van der Waals surface area contributed by atoms with Gasteiger partial charge < -0.3 is 19.9 Å². The molecule has 0 aliphatic carbocycles. The SMILES string of the molecule is CCOc1ccc(NC(=O)C(=O)N/N=C/c2cccc(OC)c2O)cc1. The van der Waals surface area contributed by atoms with Crippen molar-refractivity contribution in [1.29, 1.82) is 0 Å². The van der Waals surface area contributed by atoms with Gasteiger partial charge in [-0.3, -0.25) is 9.59 Å². The van der Waals surface area contributed by atoms with Gasteiger partial charge in [0.15, 0.2) is 11.5 Å². The van der Waals surface area contributed by atoms with Crippen LogP contribution in [0.3, 0.4) is 0 Å². The maximum absolute atomic E-state index is 11.8. The van der Waals surface area contributed by atoms with Crippen molar-refractivity contribution in [3.63, 3.8) is 0 Å². The number of anilines is 1. The number of phenols is 1. The van der Waals surface area contributed by atoms with Crippen LogP contribution >= 0.6 is 0 Å².